The Labute approximate surface area is 276 Å². The van der Waals surface area contributed by atoms with Crippen molar-refractivity contribution in [1.29, 1.82) is 0 Å². The van der Waals surface area contributed by atoms with E-state index in [4.69, 9.17) is 9.15 Å². The van der Waals surface area contributed by atoms with Crippen molar-refractivity contribution in [2.75, 3.05) is 5.32 Å². The molecule has 0 unspecified atom stereocenters. The van der Waals surface area contributed by atoms with Gasteiger partial charge in [0.05, 0.1) is 0 Å². The van der Waals surface area contributed by atoms with E-state index < -0.39 is 47.6 Å². The van der Waals surface area contributed by atoms with E-state index in [1.807, 2.05) is 78.8 Å². The van der Waals surface area contributed by atoms with E-state index in [0.717, 1.165) is 16.5 Å². The number of imide groups is 1. The highest BCUT2D eigenvalue weighted by atomic mass is 16.5. The summed E-state index contributed by atoms with van der Waals surface area (Å²) in [5.41, 5.74) is 2.04. The third-order valence-electron chi connectivity index (χ3n) is 7.43. The summed E-state index contributed by atoms with van der Waals surface area (Å²) >= 11 is 0. The Balaban J connectivity index is 1.72. The first-order chi connectivity index (χ1) is 22.2. The predicted octanol–water partition coefficient (Wildman–Crippen LogP) is 5.44. The van der Waals surface area contributed by atoms with Gasteiger partial charge in [-0.05, 0) is 67.2 Å². The Kier molecular flexibility index (Phi) is 13.5. The highest BCUT2D eigenvalue weighted by Gasteiger charge is 2.31. The number of hydrogen-bond donors (Lipinski definition) is 4. The molecule has 0 saturated carbocycles. The SMILES string of the molecule is Cc1cc(=O)oc2cc(N[C@@H](CC(C)C)C(=O)NC(=O)[C@H](CC(C)C)NC(=O)[C@H](CC(C)C)NC(=O)OCc3ccccc3)ccc12. The van der Waals surface area contributed by atoms with Crippen LogP contribution in [0.2, 0.25) is 0 Å². The molecule has 2 aromatic carbocycles. The number of benzene rings is 2. The average molecular weight is 649 g/mol. The lowest BCUT2D eigenvalue weighted by Crippen LogP contribution is -2.56. The van der Waals surface area contributed by atoms with Crippen LogP contribution in [0.5, 0.6) is 0 Å². The largest absolute Gasteiger partial charge is 0.445 e. The Morgan fingerprint density at radius 1 is 0.723 bits per heavy atom. The van der Waals surface area contributed by atoms with Crippen LogP contribution in [0.1, 0.15) is 71.9 Å². The molecule has 0 aliphatic rings. The van der Waals surface area contributed by atoms with Gasteiger partial charge in [-0.1, -0.05) is 71.9 Å². The lowest BCUT2D eigenvalue weighted by molar-refractivity contribution is -0.135. The molecule has 47 heavy (non-hydrogen) atoms. The second-order valence-corrected chi connectivity index (χ2v) is 13.2. The minimum absolute atomic E-state index is 0.00814. The molecule has 3 rings (SSSR count). The number of carbonyl (C=O) groups excluding carboxylic acids is 4. The van der Waals surface area contributed by atoms with Gasteiger partial charge < -0.3 is 25.1 Å². The molecular formula is C36H48N4O7. The number of anilines is 1. The molecule has 4 amide bonds. The fourth-order valence-corrected chi connectivity index (χ4v) is 5.20. The lowest BCUT2D eigenvalue weighted by Gasteiger charge is -2.26. The van der Waals surface area contributed by atoms with Gasteiger partial charge in [0.1, 0.15) is 30.3 Å². The zero-order valence-corrected chi connectivity index (χ0v) is 28.3. The topological polar surface area (TPSA) is 156 Å². The molecule has 4 N–H and O–H groups in total. The summed E-state index contributed by atoms with van der Waals surface area (Å²) in [7, 11) is 0. The molecule has 11 nitrogen and oxygen atoms in total. The molecule has 254 valence electrons. The first-order valence-corrected chi connectivity index (χ1v) is 16.1. The molecular weight excluding hydrogens is 600 g/mol. The van der Waals surface area contributed by atoms with Gasteiger partial charge in [-0.2, -0.15) is 0 Å². The summed E-state index contributed by atoms with van der Waals surface area (Å²) in [6.07, 6.45) is 0.234. The van der Waals surface area contributed by atoms with Crippen molar-refractivity contribution in [3.63, 3.8) is 0 Å². The number of hydrogen-bond acceptors (Lipinski definition) is 8. The highest BCUT2D eigenvalue weighted by Crippen LogP contribution is 2.22. The summed E-state index contributed by atoms with van der Waals surface area (Å²) in [4.78, 5) is 65.0. The van der Waals surface area contributed by atoms with Crippen molar-refractivity contribution in [3.8, 4) is 0 Å². The summed E-state index contributed by atoms with van der Waals surface area (Å²) in [6.45, 7) is 13.4. The van der Waals surface area contributed by atoms with Gasteiger partial charge in [0.25, 0.3) is 0 Å². The van der Waals surface area contributed by atoms with Gasteiger partial charge in [-0.15, -0.1) is 0 Å². The standard InChI is InChI=1S/C36H48N4O7/c1-21(2)15-28(37-26-13-14-27-24(7)18-32(41)47-31(27)19-26)34(43)40-35(44)29(16-22(3)4)38-33(42)30(17-23(5)6)39-36(45)46-20-25-11-9-8-10-12-25/h8-14,18-19,21-23,28-30,37H,15-17,20H2,1-7H3,(H,38,42)(H,39,45)(H,40,43,44)/t28-,29-,30-/m0/s1. The van der Waals surface area contributed by atoms with Crippen LogP contribution in [-0.4, -0.2) is 41.9 Å². The van der Waals surface area contributed by atoms with Crippen molar-refractivity contribution in [3.05, 3.63) is 76.1 Å². The molecule has 0 aliphatic carbocycles. The van der Waals surface area contributed by atoms with Crippen LogP contribution < -0.4 is 26.9 Å². The van der Waals surface area contributed by atoms with Crippen molar-refractivity contribution in [2.45, 2.75) is 92.5 Å². The molecule has 3 atom stereocenters. The van der Waals surface area contributed by atoms with Gasteiger partial charge in [0.2, 0.25) is 17.7 Å². The summed E-state index contributed by atoms with van der Waals surface area (Å²) in [5.74, 6) is -1.59. The Hall–Kier alpha value is -4.67. The van der Waals surface area contributed by atoms with Crippen molar-refractivity contribution in [2.24, 2.45) is 17.8 Å². The molecule has 0 fully saturated rings. The average Bonchev–Trinajstić information content (AvgIpc) is 2.98. The van der Waals surface area contributed by atoms with Crippen molar-refractivity contribution in [1.82, 2.24) is 16.0 Å². The van der Waals surface area contributed by atoms with E-state index in [1.54, 1.807) is 18.2 Å². The third kappa shape index (κ3) is 11.9. The maximum atomic E-state index is 13.5. The van der Waals surface area contributed by atoms with Gasteiger partial charge >= 0.3 is 11.7 Å². The quantitative estimate of drug-likeness (QED) is 0.159. The molecule has 0 spiro atoms. The molecule has 0 radical (unpaired) electrons. The summed E-state index contributed by atoms with van der Waals surface area (Å²) < 4.78 is 10.7. The van der Waals surface area contributed by atoms with Gasteiger partial charge in [-0.3, -0.25) is 19.7 Å². The molecule has 11 heteroatoms. The van der Waals surface area contributed by atoms with Crippen LogP contribution in [0.25, 0.3) is 11.0 Å². The van der Waals surface area contributed by atoms with E-state index in [0.29, 0.717) is 24.1 Å². The van der Waals surface area contributed by atoms with Gasteiger partial charge in [0.15, 0.2) is 0 Å². The number of carbonyl (C=O) groups is 4. The van der Waals surface area contributed by atoms with Crippen molar-refractivity contribution < 1.29 is 28.3 Å². The van der Waals surface area contributed by atoms with E-state index in [1.165, 1.54) is 6.07 Å². The Morgan fingerprint density at radius 2 is 1.30 bits per heavy atom. The number of ether oxygens (including phenoxy) is 1. The minimum Gasteiger partial charge on any atom is -0.445 e. The first-order valence-electron chi connectivity index (χ1n) is 16.1. The normalized spacial score (nSPS) is 13.2. The van der Waals surface area contributed by atoms with Crippen LogP contribution in [0.4, 0.5) is 10.5 Å². The molecule has 3 aromatic rings. The molecule has 1 heterocycles. The molecule has 0 saturated heterocycles. The molecule has 0 aliphatic heterocycles. The second kappa shape index (κ2) is 17.3. The number of aryl methyl sites for hydroxylation is 1. The van der Waals surface area contributed by atoms with E-state index in [-0.39, 0.29) is 30.8 Å². The minimum atomic E-state index is -1.03. The van der Waals surface area contributed by atoms with E-state index >= 15 is 0 Å². The zero-order chi connectivity index (χ0) is 34.7. The Bertz CT molecular complexity index is 1580. The highest BCUT2D eigenvalue weighted by molar-refractivity contribution is 6.02. The van der Waals surface area contributed by atoms with Crippen LogP contribution >= 0.6 is 0 Å². The number of alkyl carbamates (subject to hydrolysis) is 1. The number of nitrogens with one attached hydrogen (secondary N) is 4. The smallest absolute Gasteiger partial charge is 0.408 e. The monoisotopic (exact) mass is 648 g/mol. The van der Waals surface area contributed by atoms with Gasteiger partial charge in [0, 0.05) is 23.2 Å². The maximum Gasteiger partial charge on any atom is 0.408 e. The lowest BCUT2D eigenvalue weighted by atomic mass is 9.99. The predicted molar refractivity (Wildman–Crippen MR) is 182 cm³/mol. The van der Waals surface area contributed by atoms with E-state index in [2.05, 4.69) is 21.3 Å². The van der Waals surface area contributed by atoms with E-state index in [9.17, 15) is 24.0 Å². The maximum absolute atomic E-state index is 13.5. The Morgan fingerprint density at radius 3 is 1.91 bits per heavy atom. The molecule has 0 bridgehead atoms. The van der Waals surface area contributed by atoms with Crippen LogP contribution in [-0.2, 0) is 25.7 Å². The summed E-state index contributed by atoms with van der Waals surface area (Å²) in [5, 5.41) is 11.8. The van der Waals surface area contributed by atoms with Crippen LogP contribution in [0.15, 0.2) is 63.8 Å². The van der Waals surface area contributed by atoms with Crippen molar-refractivity contribution >= 4 is 40.5 Å². The summed E-state index contributed by atoms with van der Waals surface area (Å²) in [6, 6.07) is 13.1. The first kappa shape index (κ1) is 36.8. The number of amides is 4. The second-order valence-electron chi connectivity index (χ2n) is 13.2. The van der Waals surface area contributed by atoms with Crippen LogP contribution in [0.3, 0.4) is 0 Å². The fourth-order valence-electron chi connectivity index (χ4n) is 5.20. The van der Waals surface area contributed by atoms with Crippen LogP contribution in [0, 0.1) is 24.7 Å². The zero-order valence-electron chi connectivity index (χ0n) is 28.3. The van der Waals surface area contributed by atoms with Gasteiger partial charge in [-0.25, -0.2) is 9.59 Å². The third-order valence-corrected chi connectivity index (χ3v) is 7.43. The number of rotatable bonds is 15. The molecule has 1 aromatic heterocycles. The number of fused-ring (bicyclic) bond motifs is 1. The fraction of sp³-hybridized carbons (Fsp3) is 0.472.